The van der Waals surface area contributed by atoms with E-state index >= 15 is 0 Å². The molecule has 1 aromatic carbocycles. The van der Waals surface area contributed by atoms with E-state index in [-0.39, 0.29) is 11.4 Å². The molecule has 1 unspecified atom stereocenters. The van der Waals surface area contributed by atoms with Gasteiger partial charge in [-0.1, -0.05) is 38.3 Å². The van der Waals surface area contributed by atoms with Crippen molar-refractivity contribution in [3.05, 3.63) is 35.4 Å². The van der Waals surface area contributed by atoms with E-state index in [4.69, 9.17) is 14.2 Å². The highest BCUT2D eigenvalue weighted by Crippen LogP contribution is 2.55. The summed E-state index contributed by atoms with van der Waals surface area (Å²) in [6, 6.07) is 7.61. The number of benzene rings is 1. The van der Waals surface area contributed by atoms with E-state index in [0.29, 0.717) is 12.2 Å². The van der Waals surface area contributed by atoms with E-state index in [1.54, 1.807) is 7.11 Å². The summed E-state index contributed by atoms with van der Waals surface area (Å²) in [5, 5.41) is 0. The van der Waals surface area contributed by atoms with Gasteiger partial charge in [0.25, 0.3) is 0 Å². The molecule has 4 rings (SSSR count). The van der Waals surface area contributed by atoms with Crippen LogP contribution in [0.2, 0.25) is 0 Å². The number of hydrogen-bond acceptors (Lipinski definition) is 4. The zero-order valence-corrected chi connectivity index (χ0v) is 15.1. The maximum atomic E-state index is 12.7. The fourth-order valence-corrected chi connectivity index (χ4v) is 4.82. The van der Waals surface area contributed by atoms with Crippen molar-refractivity contribution in [3.8, 4) is 5.75 Å². The van der Waals surface area contributed by atoms with Crippen LogP contribution in [-0.4, -0.2) is 25.5 Å². The van der Waals surface area contributed by atoms with Crippen LogP contribution in [0.1, 0.15) is 57.4 Å². The molecule has 1 aromatic rings. The van der Waals surface area contributed by atoms with E-state index in [9.17, 15) is 4.79 Å². The van der Waals surface area contributed by atoms with Gasteiger partial charge < -0.3 is 14.2 Å². The SMILES string of the molecule is CCC1=C(c2ccc(OC)cc2)C(=O)OC12CC1(CCCCC1)CO2. The van der Waals surface area contributed by atoms with Gasteiger partial charge in [-0.3, -0.25) is 0 Å². The number of methoxy groups -OCH3 is 1. The number of rotatable bonds is 3. The van der Waals surface area contributed by atoms with Gasteiger partial charge in [-0.2, -0.15) is 0 Å². The van der Waals surface area contributed by atoms with Crippen molar-refractivity contribution < 1.29 is 19.0 Å². The lowest BCUT2D eigenvalue weighted by Crippen LogP contribution is -2.33. The Labute approximate surface area is 149 Å². The molecule has 134 valence electrons. The predicted molar refractivity (Wildman–Crippen MR) is 95.1 cm³/mol. The third kappa shape index (κ3) is 2.67. The van der Waals surface area contributed by atoms with Crippen LogP contribution in [0.25, 0.3) is 5.57 Å². The molecule has 2 fully saturated rings. The highest BCUT2D eigenvalue weighted by molar-refractivity contribution is 6.20. The molecule has 4 nitrogen and oxygen atoms in total. The normalized spacial score (nSPS) is 28.0. The van der Waals surface area contributed by atoms with Gasteiger partial charge in [0.15, 0.2) is 0 Å². The third-order valence-corrected chi connectivity index (χ3v) is 6.09. The second-order valence-corrected chi connectivity index (χ2v) is 7.60. The zero-order valence-electron chi connectivity index (χ0n) is 15.1. The molecule has 0 radical (unpaired) electrons. The summed E-state index contributed by atoms with van der Waals surface area (Å²) in [6.07, 6.45) is 7.75. The number of esters is 1. The van der Waals surface area contributed by atoms with E-state index in [0.717, 1.165) is 29.7 Å². The Balaban J connectivity index is 1.70. The van der Waals surface area contributed by atoms with Crippen molar-refractivity contribution >= 4 is 11.5 Å². The maximum Gasteiger partial charge on any atom is 0.341 e. The summed E-state index contributed by atoms with van der Waals surface area (Å²) in [5.74, 6) is -0.310. The molecule has 4 heteroatoms. The Morgan fingerprint density at radius 2 is 1.84 bits per heavy atom. The molecular formula is C21H26O4. The van der Waals surface area contributed by atoms with Gasteiger partial charge in [0.1, 0.15) is 5.75 Å². The lowest BCUT2D eigenvalue weighted by atomic mass is 9.71. The Bertz CT molecular complexity index is 697. The van der Waals surface area contributed by atoms with Crippen LogP contribution in [0.5, 0.6) is 5.75 Å². The van der Waals surface area contributed by atoms with Gasteiger partial charge >= 0.3 is 5.97 Å². The highest BCUT2D eigenvalue weighted by Gasteiger charge is 2.58. The summed E-state index contributed by atoms with van der Waals surface area (Å²) in [6.45, 7) is 2.79. The topological polar surface area (TPSA) is 44.8 Å². The van der Waals surface area contributed by atoms with Crippen LogP contribution >= 0.6 is 0 Å². The first-order chi connectivity index (χ1) is 12.1. The monoisotopic (exact) mass is 342 g/mol. The van der Waals surface area contributed by atoms with Crippen LogP contribution < -0.4 is 4.74 Å². The van der Waals surface area contributed by atoms with E-state index in [1.165, 1.54) is 32.1 Å². The average molecular weight is 342 g/mol. The fourth-order valence-electron chi connectivity index (χ4n) is 4.82. The second kappa shape index (κ2) is 6.17. The molecule has 25 heavy (non-hydrogen) atoms. The fraction of sp³-hybridized carbons (Fsp3) is 0.571. The lowest BCUT2D eigenvalue weighted by Gasteiger charge is -2.33. The summed E-state index contributed by atoms with van der Waals surface area (Å²) >= 11 is 0. The molecular weight excluding hydrogens is 316 g/mol. The first-order valence-electron chi connectivity index (χ1n) is 9.37. The van der Waals surface area contributed by atoms with Crippen molar-refractivity contribution in [1.29, 1.82) is 0 Å². The summed E-state index contributed by atoms with van der Waals surface area (Å²) < 4.78 is 17.4. The molecule has 1 saturated carbocycles. The van der Waals surface area contributed by atoms with Gasteiger partial charge in [-0.05, 0) is 37.0 Å². The molecule has 3 aliphatic rings. The van der Waals surface area contributed by atoms with Crippen molar-refractivity contribution in [1.82, 2.24) is 0 Å². The van der Waals surface area contributed by atoms with Gasteiger partial charge in [0.2, 0.25) is 5.79 Å². The van der Waals surface area contributed by atoms with Crippen molar-refractivity contribution in [2.45, 2.75) is 57.7 Å². The first-order valence-corrected chi connectivity index (χ1v) is 9.37. The van der Waals surface area contributed by atoms with Crippen molar-refractivity contribution in [2.24, 2.45) is 5.41 Å². The highest BCUT2D eigenvalue weighted by atomic mass is 16.7. The molecule has 2 spiro atoms. The third-order valence-electron chi connectivity index (χ3n) is 6.09. The predicted octanol–water partition coefficient (Wildman–Crippen LogP) is 4.48. The van der Waals surface area contributed by atoms with Crippen LogP contribution in [0.3, 0.4) is 0 Å². The maximum absolute atomic E-state index is 12.7. The van der Waals surface area contributed by atoms with Crippen LogP contribution in [0, 0.1) is 5.41 Å². The Hall–Kier alpha value is -1.81. The number of hydrogen-bond donors (Lipinski definition) is 0. The van der Waals surface area contributed by atoms with Crippen LogP contribution in [-0.2, 0) is 14.3 Å². The number of ether oxygens (including phenoxy) is 3. The smallest absolute Gasteiger partial charge is 0.341 e. The molecule has 0 bridgehead atoms. The molecule has 0 aromatic heterocycles. The minimum Gasteiger partial charge on any atom is -0.497 e. The van der Waals surface area contributed by atoms with Gasteiger partial charge in [0, 0.05) is 17.4 Å². The molecule has 1 atom stereocenters. The summed E-state index contributed by atoms with van der Waals surface area (Å²) in [7, 11) is 1.64. The first kappa shape index (κ1) is 16.6. The molecule has 2 heterocycles. The largest absolute Gasteiger partial charge is 0.497 e. The molecule has 1 aliphatic carbocycles. The van der Waals surface area contributed by atoms with Gasteiger partial charge in [0.05, 0.1) is 19.3 Å². The molecule has 0 amide bonds. The molecule has 2 aliphatic heterocycles. The number of carbonyl (C=O) groups excluding carboxylic acids is 1. The summed E-state index contributed by atoms with van der Waals surface area (Å²) in [5.41, 5.74) is 2.75. The molecule has 0 N–H and O–H groups in total. The van der Waals surface area contributed by atoms with Crippen molar-refractivity contribution in [2.75, 3.05) is 13.7 Å². The average Bonchev–Trinajstić information content (AvgIpc) is 3.12. The van der Waals surface area contributed by atoms with Crippen molar-refractivity contribution in [3.63, 3.8) is 0 Å². The van der Waals surface area contributed by atoms with Gasteiger partial charge in [-0.15, -0.1) is 0 Å². The number of carbonyl (C=O) groups is 1. The minimum absolute atomic E-state index is 0.189. The van der Waals surface area contributed by atoms with Crippen LogP contribution in [0.4, 0.5) is 0 Å². The zero-order chi connectivity index (χ0) is 17.5. The summed E-state index contributed by atoms with van der Waals surface area (Å²) in [4.78, 5) is 12.7. The standard InChI is InChI=1S/C21H26O4/c1-3-17-18(15-7-9-16(23-2)10-8-15)19(22)25-21(17)13-20(14-24-21)11-5-4-6-12-20/h7-10H,3-6,11-14H2,1-2H3. The van der Waals surface area contributed by atoms with E-state index in [2.05, 4.69) is 6.92 Å². The van der Waals surface area contributed by atoms with E-state index < -0.39 is 5.79 Å². The Morgan fingerprint density at radius 1 is 1.12 bits per heavy atom. The lowest BCUT2D eigenvalue weighted by molar-refractivity contribution is -0.185. The Kier molecular flexibility index (Phi) is 4.11. The minimum atomic E-state index is -0.835. The Morgan fingerprint density at radius 3 is 2.48 bits per heavy atom. The molecule has 1 saturated heterocycles. The quantitative estimate of drug-likeness (QED) is 0.760. The van der Waals surface area contributed by atoms with Crippen LogP contribution in [0.15, 0.2) is 29.8 Å². The second-order valence-electron chi connectivity index (χ2n) is 7.60. The van der Waals surface area contributed by atoms with E-state index in [1.807, 2.05) is 24.3 Å². The van der Waals surface area contributed by atoms with Gasteiger partial charge in [-0.25, -0.2) is 4.79 Å².